The van der Waals surface area contributed by atoms with Gasteiger partial charge in [0.05, 0.1) is 0 Å². The van der Waals surface area contributed by atoms with E-state index in [1.165, 1.54) is 31.4 Å². The molecule has 0 aromatic carbocycles. The first-order chi connectivity index (χ1) is 5.58. The lowest BCUT2D eigenvalue weighted by Crippen LogP contribution is -2.06. The van der Waals surface area contributed by atoms with Crippen molar-refractivity contribution in [1.82, 2.24) is 0 Å². The Labute approximate surface area is 84.7 Å². The Balaban J connectivity index is 2.02. The molecule has 0 nitrogen and oxygen atoms in total. The van der Waals surface area contributed by atoms with Gasteiger partial charge in [-0.25, -0.2) is 0 Å². The first-order valence-electron chi connectivity index (χ1n) is 4.86. The Morgan fingerprint density at radius 3 is 2.58 bits per heavy atom. The Hall–Kier alpha value is 0.700. The molecular weight excluding hydrogens is 184 g/mol. The number of hydrogen-bond donors (Lipinski definition) is 0. The summed E-state index contributed by atoms with van der Waals surface area (Å²) in [7, 11) is 4.17. The molecule has 72 valence electrons. The standard InChI is InChI=1S/C10H20S2/c1-10(2,3)7-4-5-9-6-8-11-12-9/h9H,4-8H2,1-3H3/t9-/m0/s1. The molecule has 1 heterocycles. The first kappa shape index (κ1) is 10.8. The van der Waals surface area contributed by atoms with Crippen molar-refractivity contribution < 1.29 is 0 Å². The van der Waals surface area contributed by atoms with Crippen LogP contribution in [0.25, 0.3) is 0 Å². The summed E-state index contributed by atoms with van der Waals surface area (Å²) in [5.74, 6) is 1.38. The van der Waals surface area contributed by atoms with Crippen LogP contribution in [0.5, 0.6) is 0 Å². The van der Waals surface area contributed by atoms with E-state index in [0.29, 0.717) is 5.41 Å². The fraction of sp³-hybridized carbons (Fsp3) is 1.00. The SMILES string of the molecule is CC(C)(C)CCC[C@H]1CCSS1. The van der Waals surface area contributed by atoms with E-state index in [9.17, 15) is 0 Å². The van der Waals surface area contributed by atoms with Gasteiger partial charge < -0.3 is 0 Å². The second-order valence-corrected chi connectivity index (χ2v) is 7.57. The molecule has 0 spiro atoms. The molecule has 1 aliphatic heterocycles. The van der Waals surface area contributed by atoms with E-state index < -0.39 is 0 Å². The van der Waals surface area contributed by atoms with Gasteiger partial charge in [-0.3, -0.25) is 0 Å². The van der Waals surface area contributed by atoms with Gasteiger partial charge in [0.2, 0.25) is 0 Å². The van der Waals surface area contributed by atoms with Crippen LogP contribution in [0.1, 0.15) is 46.5 Å². The molecule has 0 aromatic rings. The summed E-state index contributed by atoms with van der Waals surface area (Å²) in [6, 6.07) is 0. The summed E-state index contributed by atoms with van der Waals surface area (Å²) >= 11 is 0. The lowest BCUT2D eigenvalue weighted by Gasteiger charge is -2.18. The summed E-state index contributed by atoms with van der Waals surface area (Å²) in [6.45, 7) is 7.01. The smallest absolute Gasteiger partial charge is 0.0159 e. The van der Waals surface area contributed by atoms with Crippen molar-refractivity contribution in [1.29, 1.82) is 0 Å². The van der Waals surface area contributed by atoms with Crippen molar-refractivity contribution >= 4 is 21.6 Å². The maximum atomic E-state index is 2.34. The van der Waals surface area contributed by atoms with Gasteiger partial charge in [0.1, 0.15) is 0 Å². The first-order valence-corrected chi connectivity index (χ1v) is 7.24. The highest BCUT2D eigenvalue weighted by atomic mass is 33.1. The maximum absolute atomic E-state index is 2.34. The van der Waals surface area contributed by atoms with Crippen molar-refractivity contribution in [2.75, 3.05) is 5.75 Å². The second kappa shape index (κ2) is 4.80. The van der Waals surface area contributed by atoms with Crippen LogP contribution in [0.3, 0.4) is 0 Å². The third-order valence-electron chi connectivity index (χ3n) is 2.18. The minimum atomic E-state index is 0.538. The van der Waals surface area contributed by atoms with Crippen molar-refractivity contribution in [3.05, 3.63) is 0 Å². The van der Waals surface area contributed by atoms with Gasteiger partial charge >= 0.3 is 0 Å². The van der Waals surface area contributed by atoms with Gasteiger partial charge in [0, 0.05) is 11.0 Å². The highest BCUT2D eigenvalue weighted by molar-refractivity contribution is 8.77. The summed E-state index contributed by atoms with van der Waals surface area (Å²) in [5.41, 5.74) is 0.538. The summed E-state index contributed by atoms with van der Waals surface area (Å²) < 4.78 is 0. The molecule has 2 heteroatoms. The van der Waals surface area contributed by atoms with Gasteiger partial charge in [-0.05, 0) is 24.7 Å². The van der Waals surface area contributed by atoms with E-state index in [-0.39, 0.29) is 0 Å². The van der Waals surface area contributed by atoms with Gasteiger partial charge in [0.25, 0.3) is 0 Å². The van der Waals surface area contributed by atoms with Crippen molar-refractivity contribution in [3.8, 4) is 0 Å². The second-order valence-electron chi connectivity index (χ2n) is 4.78. The zero-order valence-electron chi connectivity index (χ0n) is 8.43. The Morgan fingerprint density at radius 1 is 1.33 bits per heavy atom. The van der Waals surface area contributed by atoms with E-state index in [0.717, 1.165) is 5.25 Å². The van der Waals surface area contributed by atoms with Crippen LogP contribution in [-0.2, 0) is 0 Å². The van der Waals surface area contributed by atoms with E-state index in [2.05, 4.69) is 42.4 Å². The molecule has 1 saturated heterocycles. The van der Waals surface area contributed by atoms with Crippen LogP contribution < -0.4 is 0 Å². The molecule has 1 aliphatic rings. The average Bonchev–Trinajstić information content (AvgIpc) is 2.36. The fourth-order valence-electron chi connectivity index (χ4n) is 1.42. The monoisotopic (exact) mass is 204 g/mol. The topological polar surface area (TPSA) is 0 Å². The van der Waals surface area contributed by atoms with Crippen LogP contribution >= 0.6 is 21.6 Å². The fourth-order valence-corrected chi connectivity index (χ4v) is 4.45. The summed E-state index contributed by atoms with van der Waals surface area (Å²) in [4.78, 5) is 0. The van der Waals surface area contributed by atoms with Crippen LogP contribution in [0.4, 0.5) is 0 Å². The highest BCUT2D eigenvalue weighted by Gasteiger charge is 2.17. The molecule has 1 fully saturated rings. The lowest BCUT2D eigenvalue weighted by atomic mass is 9.89. The summed E-state index contributed by atoms with van der Waals surface area (Å²) in [5, 5.41) is 0.970. The minimum Gasteiger partial charge on any atom is -0.0938 e. The van der Waals surface area contributed by atoms with Gasteiger partial charge in [-0.15, -0.1) is 0 Å². The van der Waals surface area contributed by atoms with Crippen molar-refractivity contribution in [3.63, 3.8) is 0 Å². The number of rotatable bonds is 3. The zero-order valence-corrected chi connectivity index (χ0v) is 10.1. The van der Waals surface area contributed by atoms with E-state index >= 15 is 0 Å². The van der Waals surface area contributed by atoms with Crippen LogP contribution in [0.15, 0.2) is 0 Å². The van der Waals surface area contributed by atoms with Crippen molar-refractivity contribution in [2.24, 2.45) is 5.41 Å². The molecule has 0 radical (unpaired) electrons. The van der Waals surface area contributed by atoms with Gasteiger partial charge in [0.15, 0.2) is 0 Å². The van der Waals surface area contributed by atoms with E-state index in [4.69, 9.17) is 0 Å². The molecule has 0 unspecified atom stereocenters. The quantitative estimate of drug-likeness (QED) is 0.627. The normalized spacial score (nSPS) is 24.8. The van der Waals surface area contributed by atoms with E-state index in [1.807, 2.05) is 0 Å². The Morgan fingerprint density at radius 2 is 2.08 bits per heavy atom. The molecule has 0 amide bonds. The predicted octanol–water partition coefficient (Wildman–Crippen LogP) is 4.36. The molecule has 1 atom stereocenters. The molecule has 0 aromatic heterocycles. The molecule has 1 rings (SSSR count). The third kappa shape index (κ3) is 4.66. The Kier molecular flexibility index (Phi) is 4.31. The highest BCUT2D eigenvalue weighted by Crippen LogP contribution is 2.40. The van der Waals surface area contributed by atoms with Crippen LogP contribution in [0.2, 0.25) is 0 Å². The van der Waals surface area contributed by atoms with Gasteiger partial charge in [-0.2, -0.15) is 0 Å². The van der Waals surface area contributed by atoms with E-state index in [1.54, 1.807) is 0 Å². The third-order valence-corrected chi connectivity index (χ3v) is 5.19. The molecule has 0 saturated carbocycles. The predicted molar refractivity (Wildman–Crippen MR) is 61.8 cm³/mol. The summed E-state index contributed by atoms with van der Waals surface area (Å²) in [6.07, 6.45) is 5.69. The molecule has 0 aliphatic carbocycles. The largest absolute Gasteiger partial charge is 0.0938 e. The molecule has 12 heavy (non-hydrogen) atoms. The number of hydrogen-bond acceptors (Lipinski definition) is 2. The van der Waals surface area contributed by atoms with Crippen LogP contribution in [-0.4, -0.2) is 11.0 Å². The zero-order chi connectivity index (χ0) is 9.03. The van der Waals surface area contributed by atoms with Crippen molar-refractivity contribution in [2.45, 2.75) is 51.7 Å². The minimum absolute atomic E-state index is 0.538. The molecule has 0 N–H and O–H groups in total. The Bertz CT molecular complexity index is 120. The lowest BCUT2D eigenvalue weighted by molar-refractivity contribution is 0.359. The average molecular weight is 204 g/mol. The van der Waals surface area contributed by atoms with Gasteiger partial charge in [-0.1, -0.05) is 48.8 Å². The maximum Gasteiger partial charge on any atom is 0.0159 e. The van der Waals surface area contributed by atoms with Crippen LogP contribution in [0, 0.1) is 5.41 Å². The molecule has 0 bridgehead atoms. The molecular formula is C10H20S2.